The lowest BCUT2D eigenvalue weighted by molar-refractivity contribution is 0.0275. The Morgan fingerprint density at radius 1 is 1.04 bits per heavy atom. The van der Waals surface area contributed by atoms with Gasteiger partial charge in [-0.05, 0) is 95.4 Å². The van der Waals surface area contributed by atoms with Crippen molar-refractivity contribution in [2.24, 2.45) is 16.7 Å². The van der Waals surface area contributed by atoms with Gasteiger partial charge in [0.1, 0.15) is 0 Å². The molecule has 0 N–H and O–H groups in total. The molecule has 2 nitrogen and oxygen atoms in total. The second kappa shape index (κ2) is 8.34. The number of rotatable bonds is 8. The first-order chi connectivity index (χ1) is 11.0. The molecule has 2 fully saturated rings. The highest BCUT2D eigenvalue weighted by molar-refractivity contribution is 4.98. The predicted molar refractivity (Wildman–Crippen MR) is 102 cm³/mol. The molecule has 1 aliphatic heterocycles. The summed E-state index contributed by atoms with van der Waals surface area (Å²) in [6, 6.07) is 0. The Labute approximate surface area is 146 Å². The van der Waals surface area contributed by atoms with E-state index >= 15 is 0 Å². The molecule has 2 rings (SSSR count). The van der Waals surface area contributed by atoms with E-state index in [4.69, 9.17) is 0 Å². The highest BCUT2D eigenvalue weighted by Crippen LogP contribution is 2.55. The molecule has 1 saturated heterocycles. The molecule has 1 atom stereocenters. The normalized spacial score (nSPS) is 33.7. The van der Waals surface area contributed by atoms with E-state index in [-0.39, 0.29) is 0 Å². The lowest BCUT2D eigenvalue weighted by Crippen LogP contribution is -2.39. The lowest BCUT2D eigenvalue weighted by atomic mass is 9.57. The summed E-state index contributed by atoms with van der Waals surface area (Å²) in [6.45, 7) is 12.6. The molecule has 1 saturated carbocycles. The summed E-state index contributed by atoms with van der Waals surface area (Å²) < 4.78 is 0. The van der Waals surface area contributed by atoms with Gasteiger partial charge < -0.3 is 9.80 Å². The molecule has 2 heteroatoms. The molecule has 1 heterocycles. The van der Waals surface area contributed by atoms with Gasteiger partial charge in [-0.1, -0.05) is 33.6 Å². The summed E-state index contributed by atoms with van der Waals surface area (Å²) in [4.78, 5) is 5.08. The van der Waals surface area contributed by atoms with Crippen LogP contribution in [0.3, 0.4) is 0 Å². The van der Waals surface area contributed by atoms with Crippen LogP contribution in [0.25, 0.3) is 0 Å². The lowest BCUT2D eigenvalue weighted by Gasteiger charge is -2.48. The molecule has 0 aromatic heterocycles. The zero-order valence-corrected chi connectivity index (χ0v) is 16.7. The minimum atomic E-state index is 0.674. The Hall–Kier alpha value is -0.0800. The van der Waals surface area contributed by atoms with Crippen molar-refractivity contribution >= 4 is 0 Å². The average molecular weight is 323 g/mol. The molecular formula is C21H42N2. The van der Waals surface area contributed by atoms with Crippen LogP contribution >= 0.6 is 0 Å². The van der Waals surface area contributed by atoms with Crippen LogP contribution in [0.15, 0.2) is 0 Å². The van der Waals surface area contributed by atoms with Gasteiger partial charge in [0.2, 0.25) is 0 Å². The van der Waals surface area contributed by atoms with Crippen LogP contribution < -0.4 is 0 Å². The topological polar surface area (TPSA) is 6.48 Å². The SMILES string of the molecule is CCCC1(C(C)CC)CCC2(CCN(CCCN(C)C)C2)CC1. The molecule has 23 heavy (non-hydrogen) atoms. The van der Waals surface area contributed by atoms with Crippen molar-refractivity contribution in [2.75, 3.05) is 40.3 Å². The Kier molecular flexibility index (Phi) is 6.98. The molecule has 1 spiro atoms. The molecule has 0 aromatic carbocycles. The largest absolute Gasteiger partial charge is 0.309 e. The van der Waals surface area contributed by atoms with Gasteiger partial charge in [0, 0.05) is 6.54 Å². The van der Waals surface area contributed by atoms with Gasteiger partial charge in [0.05, 0.1) is 0 Å². The van der Waals surface area contributed by atoms with Crippen LogP contribution in [0.2, 0.25) is 0 Å². The van der Waals surface area contributed by atoms with E-state index < -0.39 is 0 Å². The van der Waals surface area contributed by atoms with Gasteiger partial charge in [-0.3, -0.25) is 0 Å². The fourth-order valence-electron chi connectivity index (χ4n) is 5.44. The van der Waals surface area contributed by atoms with Crippen molar-refractivity contribution in [3.05, 3.63) is 0 Å². The third-order valence-corrected chi connectivity index (χ3v) is 7.31. The molecular weight excluding hydrogens is 280 g/mol. The molecule has 1 aliphatic carbocycles. The molecule has 136 valence electrons. The van der Waals surface area contributed by atoms with Crippen LogP contribution in [-0.4, -0.2) is 50.1 Å². The quantitative estimate of drug-likeness (QED) is 0.618. The van der Waals surface area contributed by atoms with Crippen molar-refractivity contribution in [1.82, 2.24) is 9.80 Å². The maximum atomic E-state index is 2.76. The van der Waals surface area contributed by atoms with E-state index in [2.05, 4.69) is 44.7 Å². The van der Waals surface area contributed by atoms with Crippen molar-refractivity contribution in [2.45, 2.75) is 78.6 Å². The predicted octanol–water partition coefficient (Wildman–Crippen LogP) is 5.04. The number of hydrogen-bond acceptors (Lipinski definition) is 2. The van der Waals surface area contributed by atoms with Gasteiger partial charge >= 0.3 is 0 Å². The van der Waals surface area contributed by atoms with Crippen molar-refractivity contribution in [3.63, 3.8) is 0 Å². The highest BCUT2D eigenvalue weighted by Gasteiger charge is 2.46. The van der Waals surface area contributed by atoms with E-state index in [1.807, 2.05) is 0 Å². The first-order valence-corrected chi connectivity index (χ1v) is 10.3. The van der Waals surface area contributed by atoms with Gasteiger partial charge in [-0.2, -0.15) is 0 Å². The Balaban J connectivity index is 1.85. The van der Waals surface area contributed by atoms with E-state index in [1.54, 1.807) is 0 Å². The molecule has 0 bridgehead atoms. The smallest absolute Gasteiger partial charge is 0.00385 e. The minimum Gasteiger partial charge on any atom is -0.309 e. The van der Waals surface area contributed by atoms with Crippen LogP contribution in [0.1, 0.15) is 78.6 Å². The Bertz CT molecular complexity index is 342. The fourth-order valence-corrected chi connectivity index (χ4v) is 5.44. The number of hydrogen-bond donors (Lipinski definition) is 0. The number of likely N-dealkylation sites (tertiary alicyclic amines) is 1. The summed E-state index contributed by atoms with van der Waals surface area (Å²) in [5.74, 6) is 0.914. The standard InChI is InChI=1S/C21H42N2/c1-6-9-21(19(3)7-2)12-10-20(11-13-21)14-17-23(18-20)16-8-15-22(4)5/h19H,6-18H2,1-5H3. The van der Waals surface area contributed by atoms with Crippen LogP contribution in [-0.2, 0) is 0 Å². The summed E-state index contributed by atoms with van der Waals surface area (Å²) >= 11 is 0. The second-order valence-electron chi connectivity index (χ2n) is 9.10. The summed E-state index contributed by atoms with van der Waals surface area (Å²) in [7, 11) is 4.38. The fraction of sp³-hybridized carbons (Fsp3) is 1.00. The molecule has 0 amide bonds. The first kappa shape index (κ1) is 19.2. The third-order valence-electron chi connectivity index (χ3n) is 7.31. The molecule has 0 aromatic rings. The third kappa shape index (κ3) is 4.72. The van der Waals surface area contributed by atoms with Crippen molar-refractivity contribution in [3.8, 4) is 0 Å². The van der Waals surface area contributed by atoms with Crippen molar-refractivity contribution in [1.29, 1.82) is 0 Å². The monoisotopic (exact) mass is 322 g/mol. The maximum Gasteiger partial charge on any atom is 0.00385 e. The first-order valence-electron chi connectivity index (χ1n) is 10.3. The van der Waals surface area contributed by atoms with E-state index in [0.29, 0.717) is 10.8 Å². The van der Waals surface area contributed by atoms with Crippen molar-refractivity contribution < 1.29 is 0 Å². The van der Waals surface area contributed by atoms with Gasteiger partial charge in [-0.15, -0.1) is 0 Å². The van der Waals surface area contributed by atoms with Gasteiger partial charge in [-0.25, -0.2) is 0 Å². The average Bonchev–Trinajstić information content (AvgIpc) is 2.92. The van der Waals surface area contributed by atoms with Gasteiger partial charge in [0.25, 0.3) is 0 Å². The highest BCUT2D eigenvalue weighted by atomic mass is 15.2. The maximum absolute atomic E-state index is 2.76. The summed E-state index contributed by atoms with van der Waals surface area (Å²) in [6.07, 6.45) is 13.0. The second-order valence-corrected chi connectivity index (χ2v) is 9.10. The zero-order valence-electron chi connectivity index (χ0n) is 16.7. The zero-order chi connectivity index (χ0) is 16.9. The van der Waals surface area contributed by atoms with E-state index in [9.17, 15) is 0 Å². The summed E-state index contributed by atoms with van der Waals surface area (Å²) in [5, 5.41) is 0. The van der Waals surface area contributed by atoms with Crippen LogP contribution in [0.5, 0.6) is 0 Å². The minimum absolute atomic E-state index is 0.674. The van der Waals surface area contributed by atoms with E-state index in [0.717, 1.165) is 5.92 Å². The molecule has 2 aliphatic rings. The number of nitrogens with zero attached hydrogens (tertiary/aromatic N) is 2. The summed E-state index contributed by atoms with van der Waals surface area (Å²) in [5.41, 5.74) is 1.36. The molecule has 0 radical (unpaired) electrons. The molecule has 1 unspecified atom stereocenters. The van der Waals surface area contributed by atoms with Crippen LogP contribution in [0, 0.1) is 16.7 Å². The Morgan fingerprint density at radius 2 is 1.74 bits per heavy atom. The Morgan fingerprint density at radius 3 is 2.30 bits per heavy atom. The van der Waals surface area contributed by atoms with Gasteiger partial charge in [0.15, 0.2) is 0 Å². The van der Waals surface area contributed by atoms with E-state index in [1.165, 1.54) is 84.0 Å². The van der Waals surface area contributed by atoms with Crippen LogP contribution in [0.4, 0.5) is 0 Å².